The van der Waals surface area contributed by atoms with Crippen molar-refractivity contribution >= 4 is 11.8 Å². The maximum absolute atomic E-state index is 12.3. The van der Waals surface area contributed by atoms with Gasteiger partial charge < -0.3 is 10.7 Å². The highest BCUT2D eigenvalue weighted by Crippen LogP contribution is 2.22. The molecule has 0 unspecified atom stereocenters. The van der Waals surface area contributed by atoms with Crippen LogP contribution in [0.1, 0.15) is 88.1 Å². The third kappa shape index (κ3) is 7.37. The summed E-state index contributed by atoms with van der Waals surface area (Å²) in [5.41, 5.74) is 7.63. The molecule has 154 valence electrons. The van der Waals surface area contributed by atoms with E-state index in [0.29, 0.717) is 11.3 Å². The van der Waals surface area contributed by atoms with Crippen LogP contribution in [0.5, 0.6) is 0 Å². The smallest absolute Gasteiger partial charge is 0.269 e. The molecule has 0 bridgehead atoms. The number of hydrogen-bond acceptors (Lipinski definition) is 3. The summed E-state index contributed by atoms with van der Waals surface area (Å²) in [7, 11) is 0. The molecule has 1 aliphatic rings. The Labute approximate surface area is 169 Å². The Hall–Kier alpha value is -2.30. The molecule has 0 aliphatic heterocycles. The van der Waals surface area contributed by atoms with Gasteiger partial charge in [-0.3, -0.25) is 15.0 Å². The molecule has 5 heteroatoms. The summed E-state index contributed by atoms with van der Waals surface area (Å²) in [6.45, 7) is 10.2. The van der Waals surface area contributed by atoms with Gasteiger partial charge in [0.05, 0.1) is 6.42 Å². The van der Waals surface area contributed by atoms with Gasteiger partial charge in [-0.15, -0.1) is 0 Å². The van der Waals surface area contributed by atoms with Gasteiger partial charge in [-0.05, 0) is 36.0 Å². The molecule has 2 rings (SSSR count). The lowest BCUT2D eigenvalue weighted by Gasteiger charge is -2.21. The van der Waals surface area contributed by atoms with Gasteiger partial charge in [0.1, 0.15) is 0 Å². The van der Waals surface area contributed by atoms with E-state index in [1.54, 1.807) is 0 Å². The first-order valence-electron chi connectivity index (χ1n) is 10.4. The Morgan fingerprint density at radius 3 is 2.11 bits per heavy atom. The summed E-state index contributed by atoms with van der Waals surface area (Å²) >= 11 is 0. The maximum Gasteiger partial charge on any atom is 0.269 e. The van der Waals surface area contributed by atoms with Gasteiger partial charge in [0.25, 0.3) is 5.91 Å². The third-order valence-electron chi connectivity index (χ3n) is 5.21. The van der Waals surface area contributed by atoms with Crippen molar-refractivity contribution in [1.29, 1.82) is 0 Å². The minimum atomic E-state index is -0.248. The van der Waals surface area contributed by atoms with Crippen molar-refractivity contribution in [2.45, 2.75) is 83.6 Å². The van der Waals surface area contributed by atoms with Crippen LogP contribution in [0.4, 0.5) is 0 Å². The second kappa shape index (κ2) is 10.3. The second-order valence-corrected chi connectivity index (χ2v) is 8.80. The van der Waals surface area contributed by atoms with Crippen LogP contribution in [0.25, 0.3) is 0 Å². The molecule has 0 spiro atoms. The highest BCUT2D eigenvalue weighted by atomic mass is 16.2. The number of hydrazine groups is 1. The summed E-state index contributed by atoms with van der Waals surface area (Å²) in [4.78, 5) is 24.5. The van der Waals surface area contributed by atoms with Crippen molar-refractivity contribution in [3.63, 3.8) is 0 Å². The van der Waals surface area contributed by atoms with E-state index in [-0.39, 0.29) is 29.7 Å². The first-order valence-corrected chi connectivity index (χ1v) is 10.4. The van der Waals surface area contributed by atoms with Gasteiger partial charge in [0.15, 0.2) is 0 Å². The Morgan fingerprint density at radius 1 is 0.964 bits per heavy atom. The Bertz CT molecular complexity index is 666. The zero-order valence-corrected chi connectivity index (χ0v) is 17.6. The molecule has 0 radical (unpaired) electrons. The van der Waals surface area contributed by atoms with Gasteiger partial charge in [0, 0.05) is 17.3 Å². The molecule has 2 amide bonds. The molecule has 0 atom stereocenters. The first-order chi connectivity index (χ1) is 13.3. The Kier molecular flexibility index (Phi) is 8.09. The van der Waals surface area contributed by atoms with E-state index in [0.717, 1.165) is 12.8 Å². The molecule has 28 heavy (non-hydrogen) atoms. The predicted molar refractivity (Wildman–Crippen MR) is 114 cm³/mol. The number of nitrogens with one attached hydrogen (secondary N) is 3. The largest absolute Gasteiger partial charge is 0.353 e. The molecule has 3 N–H and O–H groups in total. The molecule has 1 aromatic rings. The molecular formula is C23H35N3O2. The van der Waals surface area contributed by atoms with Crippen molar-refractivity contribution in [2.75, 3.05) is 0 Å². The van der Waals surface area contributed by atoms with Crippen LogP contribution < -0.4 is 16.2 Å². The van der Waals surface area contributed by atoms with Crippen LogP contribution in [-0.2, 0) is 10.2 Å². The summed E-state index contributed by atoms with van der Waals surface area (Å²) in [6.07, 6.45) is 8.41. The van der Waals surface area contributed by atoms with Gasteiger partial charge >= 0.3 is 0 Å². The van der Waals surface area contributed by atoms with Gasteiger partial charge in [-0.25, -0.2) is 0 Å². The molecule has 1 aromatic carbocycles. The molecule has 1 fully saturated rings. The van der Waals surface area contributed by atoms with Crippen molar-refractivity contribution in [3.05, 3.63) is 47.7 Å². The number of carbonyl (C=O) groups is 2. The monoisotopic (exact) mass is 385 g/mol. The zero-order valence-electron chi connectivity index (χ0n) is 17.6. The molecular weight excluding hydrogens is 350 g/mol. The average molecular weight is 386 g/mol. The Morgan fingerprint density at radius 2 is 1.54 bits per heavy atom. The predicted octanol–water partition coefficient (Wildman–Crippen LogP) is 4.35. The lowest BCUT2D eigenvalue weighted by atomic mass is 9.87. The van der Waals surface area contributed by atoms with Crippen LogP contribution in [0.2, 0.25) is 0 Å². The number of hydrogen-bond donors (Lipinski definition) is 3. The molecule has 0 saturated heterocycles. The fourth-order valence-electron chi connectivity index (χ4n) is 3.46. The zero-order chi connectivity index (χ0) is 20.6. The van der Waals surface area contributed by atoms with Crippen LogP contribution in [0, 0.1) is 0 Å². The normalized spacial score (nSPS) is 15.8. The molecule has 1 aliphatic carbocycles. The van der Waals surface area contributed by atoms with E-state index < -0.39 is 0 Å². The lowest BCUT2D eigenvalue weighted by Crippen LogP contribution is -2.40. The summed E-state index contributed by atoms with van der Waals surface area (Å²) in [5, 5.41) is 3.10. The maximum atomic E-state index is 12.3. The molecule has 0 aromatic heterocycles. The van der Waals surface area contributed by atoms with E-state index >= 15 is 0 Å². The summed E-state index contributed by atoms with van der Waals surface area (Å²) < 4.78 is 0. The minimum Gasteiger partial charge on any atom is -0.353 e. The van der Waals surface area contributed by atoms with Crippen molar-refractivity contribution in [1.82, 2.24) is 16.2 Å². The van der Waals surface area contributed by atoms with Crippen LogP contribution in [-0.4, -0.2) is 17.9 Å². The standard InChI is InChI=1S/C23H35N3O2/c1-17(16-21(27)24-20-10-8-6-5-7-9-11-20)25-26-22(28)18-12-14-19(15-13-18)23(2,3)4/h12-15,20,25H,1,5-11,16H2,2-4H3,(H,24,27)(H,26,28). The van der Waals surface area contributed by atoms with E-state index in [2.05, 4.69) is 43.5 Å². The summed E-state index contributed by atoms with van der Waals surface area (Å²) in [6, 6.07) is 7.80. The quantitative estimate of drug-likeness (QED) is 0.638. The SMILES string of the molecule is C=C(CC(=O)NC1CCCCCCC1)NNC(=O)c1ccc(C(C)(C)C)cc1. The van der Waals surface area contributed by atoms with E-state index in [1.807, 2.05) is 24.3 Å². The Balaban J connectivity index is 1.75. The number of benzene rings is 1. The number of rotatable bonds is 6. The number of amides is 2. The van der Waals surface area contributed by atoms with Crippen LogP contribution >= 0.6 is 0 Å². The van der Waals surface area contributed by atoms with Crippen molar-refractivity contribution < 1.29 is 9.59 Å². The second-order valence-electron chi connectivity index (χ2n) is 8.80. The molecule has 1 saturated carbocycles. The van der Waals surface area contributed by atoms with Crippen LogP contribution in [0.3, 0.4) is 0 Å². The van der Waals surface area contributed by atoms with Gasteiger partial charge in [-0.2, -0.15) is 0 Å². The fourth-order valence-corrected chi connectivity index (χ4v) is 3.46. The molecule has 0 heterocycles. The highest BCUT2D eigenvalue weighted by Gasteiger charge is 2.16. The van der Waals surface area contributed by atoms with E-state index in [4.69, 9.17) is 0 Å². The third-order valence-corrected chi connectivity index (χ3v) is 5.21. The summed E-state index contributed by atoms with van der Waals surface area (Å²) in [5.74, 6) is -0.297. The number of carbonyl (C=O) groups excluding carboxylic acids is 2. The van der Waals surface area contributed by atoms with Crippen LogP contribution in [0.15, 0.2) is 36.5 Å². The van der Waals surface area contributed by atoms with E-state index in [1.165, 1.54) is 37.7 Å². The first kappa shape index (κ1) is 22.0. The lowest BCUT2D eigenvalue weighted by molar-refractivity contribution is -0.121. The van der Waals surface area contributed by atoms with E-state index in [9.17, 15) is 9.59 Å². The molecule has 5 nitrogen and oxygen atoms in total. The van der Waals surface area contributed by atoms with Gasteiger partial charge in [0.2, 0.25) is 5.91 Å². The topological polar surface area (TPSA) is 70.2 Å². The van der Waals surface area contributed by atoms with Gasteiger partial charge in [-0.1, -0.05) is 71.6 Å². The highest BCUT2D eigenvalue weighted by molar-refractivity contribution is 5.94. The average Bonchev–Trinajstić information content (AvgIpc) is 2.61. The van der Waals surface area contributed by atoms with Crippen molar-refractivity contribution in [3.8, 4) is 0 Å². The van der Waals surface area contributed by atoms with Crippen molar-refractivity contribution in [2.24, 2.45) is 0 Å². The minimum absolute atomic E-state index is 0.0470. The fraction of sp³-hybridized carbons (Fsp3) is 0.565.